The number of hydrogen-bond acceptors (Lipinski definition) is 6. The Bertz CT molecular complexity index is 1120. The maximum Gasteiger partial charge on any atom is 0.408 e. The zero-order valence-electron chi connectivity index (χ0n) is 20.5. The fraction of sp³-hybridized carbons (Fsp3) is 0.407. The van der Waals surface area contributed by atoms with Crippen LogP contribution in [0.15, 0.2) is 54.6 Å². The Morgan fingerprint density at radius 3 is 2.31 bits per heavy atom. The maximum absolute atomic E-state index is 13.6. The first kappa shape index (κ1) is 25.9. The molecular weight excluding hydrogens is 446 g/mol. The summed E-state index contributed by atoms with van der Waals surface area (Å²) in [6.07, 6.45) is -1.03. The monoisotopic (exact) mass is 477 g/mol. The molecular formula is C27H31N3O5. The number of carbonyl (C=O) groups is 3. The van der Waals surface area contributed by atoms with Crippen molar-refractivity contribution in [1.29, 1.82) is 5.26 Å². The van der Waals surface area contributed by atoms with Gasteiger partial charge in [0.25, 0.3) is 0 Å². The minimum atomic E-state index is -1.42. The first-order valence-corrected chi connectivity index (χ1v) is 11.5. The van der Waals surface area contributed by atoms with Gasteiger partial charge in [0.2, 0.25) is 5.91 Å². The molecule has 0 spiro atoms. The first-order chi connectivity index (χ1) is 16.5. The molecule has 2 amide bonds. The molecule has 3 unspecified atom stereocenters. The Labute approximate surface area is 205 Å². The molecule has 184 valence electrons. The van der Waals surface area contributed by atoms with Crippen LogP contribution in [0.4, 0.5) is 4.79 Å². The fourth-order valence-corrected chi connectivity index (χ4v) is 3.72. The van der Waals surface area contributed by atoms with Crippen LogP contribution in [-0.2, 0) is 31.9 Å². The van der Waals surface area contributed by atoms with Crippen LogP contribution >= 0.6 is 0 Å². The number of hydrogen-bond donors (Lipinski definition) is 2. The third-order valence-corrected chi connectivity index (χ3v) is 5.54. The molecule has 2 N–H and O–H groups in total. The van der Waals surface area contributed by atoms with E-state index in [2.05, 4.69) is 16.7 Å². The molecule has 35 heavy (non-hydrogen) atoms. The van der Waals surface area contributed by atoms with Crippen LogP contribution < -0.4 is 10.6 Å². The van der Waals surface area contributed by atoms with E-state index in [0.717, 1.165) is 5.56 Å². The summed E-state index contributed by atoms with van der Waals surface area (Å²) in [5, 5.41) is 15.0. The largest absolute Gasteiger partial charge is 0.444 e. The molecule has 0 aliphatic carbocycles. The van der Waals surface area contributed by atoms with Crippen molar-refractivity contribution in [2.24, 2.45) is 0 Å². The lowest BCUT2D eigenvalue weighted by molar-refractivity contribution is -0.132. The van der Waals surface area contributed by atoms with E-state index >= 15 is 0 Å². The third-order valence-electron chi connectivity index (χ3n) is 5.54. The molecule has 1 heterocycles. The molecule has 3 atom stereocenters. The summed E-state index contributed by atoms with van der Waals surface area (Å²) < 4.78 is 10.6. The number of ketones is 1. The molecule has 1 aliphatic heterocycles. The molecule has 0 radical (unpaired) electrons. The van der Waals surface area contributed by atoms with E-state index < -0.39 is 35.3 Å². The van der Waals surface area contributed by atoms with E-state index in [1.54, 1.807) is 52.0 Å². The highest BCUT2D eigenvalue weighted by molar-refractivity contribution is 5.97. The quantitative estimate of drug-likeness (QED) is 0.536. The number of rotatable bonds is 9. The Kier molecular flexibility index (Phi) is 7.92. The van der Waals surface area contributed by atoms with Gasteiger partial charge in [-0.05, 0) is 44.9 Å². The highest BCUT2D eigenvalue weighted by Gasteiger charge is 2.42. The number of Topliss-reactive ketones (excluding diaryl/α,β-unsaturated/α-hetero) is 1. The summed E-state index contributed by atoms with van der Waals surface area (Å²) in [5.41, 5.74) is -0.280. The van der Waals surface area contributed by atoms with Crippen LogP contribution in [0.3, 0.4) is 0 Å². The van der Waals surface area contributed by atoms with Gasteiger partial charge in [-0.1, -0.05) is 48.5 Å². The van der Waals surface area contributed by atoms with Gasteiger partial charge in [0.1, 0.15) is 17.2 Å². The minimum Gasteiger partial charge on any atom is -0.444 e. The van der Waals surface area contributed by atoms with Crippen molar-refractivity contribution in [2.45, 2.75) is 63.8 Å². The number of benzene rings is 2. The number of ether oxygens (including phenoxy) is 2. The number of carbonyl (C=O) groups excluding carboxylic acids is 3. The number of alkyl carbamates (subject to hydrolysis) is 1. The lowest BCUT2D eigenvalue weighted by Gasteiger charge is -2.32. The van der Waals surface area contributed by atoms with E-state index in [9.17, 15) is 19.6 Å². The second-order valence-corrected chi connectivity index (χ2v) is 9.84. The lowest BCUT2D eigenvalue weighted by atomic mass is 9.90. The topological polar surface area (TPSA) is 121 Å². The smallest absolute Gasteiger partial charge is 0.408 e. The maximum atomic E-state index is 13.6. The van der Waals surface area contributed by atoms with E-state index in [0.29, 0.717) is 17.7 Å². The molecule has 8 nitrogen and oxygen atoms in total. The van der Waals surface area contributed by atoms with Crippen molar-refractivity contribution in [3.8, 4) is 6.07 Å². The van der Waals surface area contributed by atoms with Crippen LogP contribution in [0.5, 0.6) is 0 Å². The van der Waals surface area contributed by atoms with Gasteiger partial charge in [0, 0.05) is 12.8 Å². The predicted molar refractivity (Wildman–Crippen MR) is 129 cm³/mol. The van der Waals surface area contributed by atoms with E-state index in [1.165, 1.54) is 0 Å². The molecule has 0 bridgehead atoms. The molecule has 0 aromatic heterocycles. The third kappa shape index (κ3) is 7.39. The summed E-state index contributed by atoms with van der Waals surface area (Å²) in [6, 6.07) is 17.4. The normalized spacial score (nSPS) is 17.3. The van der Waals surface area contributed by atoms with Gasteiger partial charge in [-0.2, -0.15) is 5.26 Å². The van der Waals surface area contributed by atoms with Crippen molar-refractivity contribution < 1.29 is 23.9 Å². The number of epoxide rings is 1. The summed E-state index contributed by atoms with van der Waals surface area (Å²) in [4.78, 5) is 39.3. The number of amides is 2. The fourth-order valence-electron chi connectivity index (χ4n) is 3.72. The predicted octanol–water partition coefficient (Wildman–Crippen LogP) is 3.08. The minimum absolute atomic E-state index is 0.127. The molecule has 1 saturated heterocycles. The van der Waals surface area contributed by atoms with Crippen LogP contribution in [0.2, 0.25) is 0 Å². The zero-order valence-corrected chi connectivity index (χ0v) is 20.5. The summed E-state index contributed by atoms with van der Waals surface area (Å²) in [6.45, 7) is 7.09. The Morgan fingerprint density at radius 1 is 1.09 bits per heavy atom. The number of nitrogens with zero attached hydrogens (tertiary/aromatic N) is 1. The van der Waals surface area contributed by atoms with Crippen LogP contribution in [0, 0.1) is 11.3 Å². The SMILES string of the molecule is CC(C)(C)OC(=O)NC(C)(Cc1ccccc1)C(=O)NC(Cc1ccccc1C#N)C(=O)C1CO1. The highest BCUT2D eigenvalue weighted by Crippen LogP contribution is 2.20. The summed E-state index contributed by atoms with van der Waals surface area (Å²) >= 11 is 0. The Balaban J connectivity index is 1.87. The van der Waals surface area contributed by atoms with Crippen LogP contribution in [0.1, 0.15) is 44.4 Å². The van der Waals surface area contributed by atoms with Crippen molar-refractivity contribution in [3.05, 3.63) is 71.3 Å². The van der Waals surface area contributed by atoms with Gasteiger partial charge in [-0.25, -0.2) is 4.79 Å². The second kappa shape index (κ2) is 10.7. The van der Waals surface area contributed by atoms with Crippen molar-refractivity contribution in [3.63, 3.8) is 0 Å². The van der Waals surface area contributed by atoms with Gasteiger partial charge in [-0.15, -0.1) is 0 Å². The second-order valence-electron chi connectivity index (χ2n) is 9.84. The molecule has 1 fully saturated rings. The number of nitrogens with one attached hydrogen (secondary N) is 2. The molecule has 1 aliphatic rings. The molecule has 3 rings (SSSR count). The van der Waals surface area contributed by atoms with E-state index in [1.807, 2.05) is 30.3 Å². The molecule has 2 aromatic carbocycles. The van der Waals surface area contributed by atoms with Crippen LogP contribution in [0.25, 0.3) is 0 Å². The number of nitriles is 1. The van der Waals surface area contributed by atoms with Crippen LogP contribution in [-0.4, -0.2) is 47.7 Å². The van der Waals surface area contributed by atoms with Gasteiger partial charge < -0.3 is 20.1 Å². The average molecular weight is 478 g/mol. The molecule has 0 saturated carbocycles. The van der Waals surface area contributed by atoms with Gasteiger partial charge in [0.15, 0.2) is 5.78 Å². The Morgan fingerprint density at radius 2 is 1.71 bits per heavy atom. The average Bonchev–Trinajstić information content (AvgIpc) is 3.63. The van der Waals surface area contributed by atoms with E-state index in [-0.39, 0.29) is 18.6 Å². The first-order valence-electron chi connectivity index (χ1n) is 11.5. The standard InChI is InChI=1S/C27H31N3O5/c1-26(2,3)35-25(33)30-27(4,15-18-10-6-5-7-11-18)24(32)29-21(23(31)22-17-34-22)14-19-12-8-9-13-20(19)16-28/h5-13,21-22H,14-15,17H2,1-4H3,(H,29,32)(H,30,33). The molecule has 8 heteroatoms. The summed E-state index contributed by atoms with van der Waals surface area (Å²) in [7, 11) is 0. The Hall–Kier alpha value is -3.70. The van der Waals surface area contributed by atoms with Crippen molar-refractivity contribution in [1.82, 2.24) is 10.6 Å². The summed E-state index contributed by atoms with van der Waals surface area (Å²) in [5.74, 6) is -0.814. The van der Waals surface area contributed by atoms with Crippen molar-refractivity contribution in [2.75, 3.05) is 6.61 Å². The van der Waals surface area contributed by atoms with Crippen molar-refractivity contribution >= 4 is 17.8 Å². The van der Waals surface area contributed by atoms with Gasteiger partial charge >= 0.3 is 6.09 Å². The van der Waals surface area contributed by atoms with Gasteiger partial charge in [-0.3, -0.25) is 9.59 Å². The molecule has 2 aromatic rings. The lowest BCUT2D eigenvalue weighted by Crippen LogP contribution is -2.61. The van der Waals surface area contributed by atoms with Gasteiger partial charge in [0.05, 0.1) is 24.3 Å². The van der Waals surface area contributed by atoms with E-state index in [4.69, 9.17) is 9.47 Å². The highest BCUT2D eigenvalue weighted by atomic mass is 16.6. The zero-order chi connectivity index (χ0) is 25.6.